The van der Waals surface area contributed by atoms with Gasteiger partial charge in [-0.05, 0) is 101 Å². The number of ether oxygens (including phenoxy) is 1. The fourth-order valence-electron chi connectivity index (χ4n) is 4.05. The lowest BCUT2D eigenvalue weighted by Crippen LogP contribution is -2.25. The van der Waals surface area contributed by atoms with Crippen molar-refractivity contribution >= 4 is 62.3 Å². The standard InChI is InChI=1S/C25H27I2N3O2/c1-3-16(2)32-23-20(26)13-17(14-21(23)27)15-28-30-24(18-9-5-4-6-10-18)29-22-12-8-7-11-19(22)25(30)31/h7-8,11-16,18H,3-6,9-10H2,1-2H3/t16-/m1/s1. The van der Waals surface area contributed by atoms with Crippen molar-refractivity contribution in [3.8, 4) is 5.75 Å². The van der Waals surface area contributed by atoms with Gasteiger partial charge >= 0.3 is 0 Å². The van der Waals surface area contributed by atoms with Crippen LogP contribution in [0.5, 0.6) is 5.75 Å². The van der Waals surface area contributed by atoms with E-state index >= 15 is 0 Å². The highest BCUT2D eigenvalue weighted by Gasteiger charge is 2.22. The Hall–Kier alpha value is -1.49. The van der Waals surface area contributed by atoms with Gasteiger partial charge < -0.3 is 4.74 Å². The molecule has 1 heterocycles. The summed E-state index contributed by atoms with van der Waals surface area (Å²) in [7, 11) is 0. The van der Waals surface area contributed by atoms with Crippen molar-refractivity contribution < 1.29 is 4.74 Å². The average Bonchev–Trinajstić information content (AvgIpc) is 2.81. The summed E-state index contributed by atoms with van der Waals surface area (Å²) in [6.45, 7) is 4.19. The Morgan fingerprint density at radius 1 is 1.19 bits per heavy atom. The highest BCUT2D eigenvalue weighted by atomic mass is 127. The monoisotopic (exact) mass is 655 g/mol. The number of rotatable bonds is 6. The van der Waals surface area contributed by atoms with E-state index in [4.69, 9.17) is 9.72 Å². The third kappa shape index (κ3) is 5.18. The van der Waals surface area contributed by atoms with Gasteiger partial charge in [0.1, 0.15) is 11.6 Å². The Kier molecular flexibility index (Phi) is 7.86. The van der Waals surface area contributed by atoms with Crippen LogP contribution in [0.25, 0.3) is 10.9 Å². The van der Waals surface area contributed by atoms with Crippen molar-refractivity contribution in [2.45, 2.75) is 64.4 Å². The Morgan fingerprint density at radius 2 is 1.88 bits per heavy atom. The largest absolute Gasteiger partial charge is 0.489 e. The van der Waals surface area contributed by atoms with E-state index in [-0.39, 0.29) is 17.6 Å². The van der Waals surface area contributed by atoms with Crippen LogP contribution in [0.15, 0.2) is 46.3 Å². The van der Waals surface area contributed by atoms with Crippen LogP contribution in [-0.2, 0) is 0 Å². The van der Waals surface area contributed by atoms with Crippen molar-refractivity contribution in [3.63, 3.8) is 0 Å². The van der Waals surface area contributed by atoms with E-state index in [2.05, 4.69) is 64.1 Å². The third-order valence-electron chi connectivity index (χ3n) is 5.99. The number of fused-ring (bicyclic) bond motifs is 1. The van der Waals surface area contributed by atoms with Crippen molar-refractivity contribution in [1.82, 2.24) is 9.66 Å². The third-order valence-corrected chi connectivity index (χ3v) is 7.59. The molecule has 0 N–H and O–H groups in total. The van der Waals surface area contributed by atoms with Gasteiger partial charge in [0.05, 0.1) is 30.4 Å². The molecule has 1 saturated carbocycles. The molecule has 2 aromatic carbocycles. The van der Waals surface area contributed by atoms with E-state index in [0.29, 0.717) is 5.39 Å². The van der Waals surface area contributed by atoms with E-state index < -0.39 is 0 Å². The number of benzene rings is 2. The van der Waals surface area contributed by atoms with Crippen molar-refractivity contribution in [2.24, 2.45) is 5.10 Å². The molecule has 5 nitrogen and oxygen atoms in total. The van der Waals surface area contributed by atoms with Crippen molar-refractivity contribution in [1.29, 1.82) is 0 Å². The van der Waals surface area contributed by atoms with Crippen LogP contribution < -0.4 is 10.3 Å². The molecule has 0 amide bonds. The summed E-state index contributed by atoms with van der Waals surface area (Å²) in [6.07, 6.45) is 8.58. The Bertz CT molecular complexity index is 1180. The highest BCUT2D eigenvalue weighted by molar-refractivity contribution is 14.1. The van der Waals surface area contributed by atoms with Gasteiger partial charge in [0.25, 0.3) is 5.56 Å². The predicted octanol–water partition coefficient (Wildman–Crippen LogP) is 6.71. The van der Waals surface area contributed by atoms with E-state index in [0.717, 1.165) is 49.1 Å². The minimum Gasteiger partial charge on any atom is -0.489 e. The lowest BCUT2D eigenvalue weighted by molar-refractivity contribution is 0.214. The molecule has 0 bridgehead atoms. The first-order valence-electron chi connectivity index (χ1n) is 11.2. The maximum absolute atomic E-state index is 13.3. The Labute approximate surface area is 215 Å². The van der Waals surface area contributed by atoms with Crippen LogP contribution in [0.4, 0.5) is 0 Å². The Balaban J connectivity index is 1.75. The number of hydrogen-bond acceptors (Lipinski definition) is 4. The summed E-state index contributed by atoms with van der Waals surface area (Å²) in [4.78, 5) is 18.2. The molecule has 168 valence electrons. The normalized spacial score (nSPS) is 16.0. The molecule has 0 radical (unpaired) electrons. The van der Waals surface area contributed by atoms with Gasteiger partial charge in [-0.15, -0.1) is 0 Å². The molecular formula is C25H27I2N3O2. The predicted molar refractivity (Wildman–Crippen MR) is 147 cm³/mol. The van der Waals surface area contributed by atoms with Crippen LogP contribution >= 0.6 is 45.2 Å². The summed E-state index contributed by atoms with van der Waals surface area (Å²) in [5, 5.41) is 5.26. The van der Waals surface area contributed by atoms with Gasteiger partial charge in [0, 0.05) is 5.92 Å². The Morgan fingerprint density at radius 3 is 2.56 bits per heavy atom. The SMILES string of the molecule is CC[C@@H](C)Oc1c(I)cc(C=Nn2c(C3CCCCC3)nc3ccccc3c2=O)cc1I. The first-order chi connectivity index (χ1) is 15.5. The van der Waals surface area contributed by atoms with Gasteiger partial charge in [-0.25, -0.2) is 4.98 Å². The van der Waals surface area contributed by atoms with Crippen LogP contribution in [0, 0.1) is 7.14 Å². The molecule has 0 aliphatic heterocycles. The summed E-state index contributed by atoms with van der Waals surface area (Å²) in [5.41, 5.74) is 1.58. The van der Waals surface area contributed by atoms with Gasteiger partial charge in [0.15, 0.2) is 0 Å². The van der Waals surface area contributed by atoms with E-state index in [1.54, 1.807) is 6.21 Å². The second kappa shape index (κ2) is 10.6. The molecule has 1 fully saturated rings. The zero-order valence-corrected chi connectivity index (χ0v) is 22.7. The molecule has 1 atom stereocenters. The lowest BCUT2D eigenvalue weighted by atomic mass is 9.88. The maximum atomic E-state index is 13.3. The van der Waals surface area contributed by atoms with E-state index in [9.17, 15) is 4.79 Å². The quantitative estimate of drug-likeness (QED) is 0.219. The first kappa shape index (κ1) is 23.7. The second-order valence-electron chi connectivity index (χ2n) is 8.33. The van der Waals surface area contributed by atoms with Gasteiger partial charge in [-0.2, -0.15) is 9.78 Å². The molecule has 1 aliphatic rings. The fourth-order valence-corrected chi connectivity index (χ4v) is 6.12. The van der Waals surface area contributed by atoms with E-state index in [1.807, 2.05) is 36.4 Å². The first-order valence-corrected chi connectivity index (χ1v) is 13.4. The molecule has 4 rings (SSSR count). The highest BCUT2D eigenvalue weighted by Crippen LogP contribution is 2.32. The van der Waals surface area contributed by atoms with Crippen LogP contribution in [0.1, 0.15) is 69.7 Å². The minimum absolute atomic E-state index is 0.103. The fraction of sp³-hybridized carbons (Fsp3) is 0.400. The summed E-state index contributed by atoms with van der Waals surface area (Å²) < 4.78 is 9.68. The molecule has 0 unspecified atom stereocenters. The van der Waals surface area contributed by atoms with E-state index in [1.165, 1.54) is 23.9 Å². The topological polar surface area (TPSA) is 56.5 Å². The lowest BCUT2D eigenvalue weighted by Gasteiger charge is -2.22. The number of hydrogen-bond donors (Lipinski definition) is 0. The van der Waals surface area contributed by atoms with Crippen LogP contribution in [-0.4, -0.2) is 22.0 Å². The number of halogens is 2. The summed E-state index contributed by atoms with van der Waals surface area (Å²) in [5.74, 6) is 1.96. The van der Waals surface area contributed by atoms with Crippen LogP contribution in [0.2, 0.25) is 0 Å². The number of para-hydroxylation sites is 1. The molecule has 1 aliphatic carbocycles. The van der Waals surface area contributed by atoms with Gasteiger partial charge in [0.2, 0.25) is 0 Å². The minimum atomic E-state index is -0.103. The van der Waals surface area contributed by atoms with Crippen molar-refractivity contribution in [2.75, 3.05) is 0 Å². The van der Waals surface area contributed by atoms with Gasteiger partial charge in [-0.3, -0.25) is 4.79 Å². The van der Waals surface area contributed by atoms with Crippen LogP contribution in [0.3, 0.4) is 0 Å². The second-order valence-corrected chi connectivity index (χ2v) is 10.7. The van der Waals surface area contributed by atoms with Gasteiger partial charge in [-0.1, -0.05) is 38.3 Å². The molecule has 32 heavy (non-hydrogen) atoms. The average molecular weight is 655 g/mol. The summed E-state index contributed by atoms with van der Waals surface area (Å²) >= 11 is 4.61. The smallest absolute Gasteiger partial charge is 0.282 e. The zero-order chi connectivity index (χ0) is 22.7. The molecule has 1 aromatic heterocycles. The number of aromatic nitrogens is 2. The molecular weight excluding hydrogens is 628 g/mol. The maximum Gasteiger partial charge on any atom is 0.282 e. The summed E-state index contributed by atoms with van der Waals surface area (Å²) in [6, 6.07) is 11.6. The molecule has 3 aromatic rings. The number of nitrogens with zero attached hydrogens (tertiary/aromatic N) is 3. The van der Waals surface area contributed by atoms with Crippen molar-refractivity contribution in [3.05, 3.63) is 65.3 Å². The molecule has 0 spiro atoms. The zero-order valence-electron chi connectivity index (χ0n) is 18.4. The molecule has 7 heteroatoms. The molecule has 0 saturated heterocycles.